The summed E-state index contributed by atoms with van der Waals surface area (Å²) in [6.07, 6.45) is 2.00. The maximum atomic E-state index is 5.28. The number of aromatic amines is 1. The van der Waals surface area contributed by atoms with Gasteiger partial charge in [-0.3, -0.25) is 0 Å². The monoisotopic (exact) mass is 290 g/mol. The third-order valence-corrected chi connectivity index (χ3v) is 3.15. The Morgan fingerprint density at radius 2 is 1.75 bits per heavy atom. The first-order chi connectivity index (χ1) is 9.66. The first-order valence-electron chi connectivity index (χ1n) is 6.50. The van der Waals surface area contributed by atoms with E-state index in [1.54, 1.807) is 14.2 Å². The molecule has 5 heteroatoms. The molecule has 1 aromatic carbocycles. The maximum Gasteiger partial charge on any atom is 0.139 e. The fourth-order valence-electron chi connectivity index (χ4n) is 1.99. The van der Waals surface area contributed by atoms with E-state index in [1.165, 1.54) is 0 Å². The summed E-state index contributed by atoms with van der Waals surface area (Å²) in [5.74, 6) is 2.18. The molecular weight excluding hydrogens is 272 g/mol. The van der Waals surface area contributed by atoms with Crippen molar-refractivity contribution in [3.05, 3.63) is 34.6 Å². The Balaban J connectivity index is 2.52. The van der Waals surface area contributed by atoms with Crippen molar-refractivity contribution in [3.63, 3.8) is 0 Å². The van der Waals surface area contributed by atoms with Crippen molar-refractivity contribution in [1.82, 2.24) is 9.97 Å². The van der Waals surface area contributed by atoms with Crippen molar-refractivity contribution in [2.24, 2.45) is 0 Å². The SMILES string of the molecule is CCCc1cc(=S)nc(-c2cc(OC)cc(OC)c2)[nH]1. The van der Waals surface area contributed by atoms with Crippen LogP contribution in [0, 0.1) is 4.64 Å². The number of aryl methyl sites for hydroxylation is 1. The second-order valence-electron chi connectivity index (χ2n) is 4.44. The fourth-order valence-corrected chi connectivity index (χ4v) is 2.23. The molecular formula is C15H18N2O2S. The lowest BCUT2D eigenvalue weighted by atomic mass is 10.1. The van der Waals surface area contributed by atoms with E-state index in [2.05, 4.69) is 16.9 Å². The summed E-state index contributed by atoms with van der Waals surface area (Å²) in [4.78, 5) is 7.70. The summed E-state index contributed by atoms with van der Waals surface area (Å²) < 4.78 is 11.1. The number of aromatic nitrogens is 2. The van der Waals surface area contributed by atoms with Gasteiger partial charge in [0.15, 0.2) is 0 Å². The summed E-state index contributed by atoms with van der Waals surface area (Å²) in [5.41, 5.74) is 1.98. The topological polar surface area (TPSA) is 47.1 Å². The minimum Gasteiger partial charge on any atom is -0.497 e. The van der Waals surface area contributed by atoms with Crippen LogP contribution in [-0.2, 0) is 6.42 Å². The average molecular weight is 290 g/mol. The van der Waals surface area contributed by atoms with E-state index in [9.17, 15) is 0 Å². The van der Waals surface area contributed by atoms with E-state index in [0.717, 1.165) is 41.4 Å². The molecule has 0 bridgehead atoms. The van der Waals surface area contributed by atoms with Crippen LogP contribution >= 0.6 is 12.2 Å². The molecule has 0 radical (unpaired) electrons. The van der Waals surface area contributed by atoms with Crippen molar-refractivity contribution in [3.8, 4) is 22.9 Å². The van der Waals surface area contributed by atoms with Crippen molar-refractivity contribution >= 4 is 12.2 Å². The number of methoxy groups -OCH3 is 2. The molecule has 0 spiro atoms. The van der Waals surface area contributed by atoms with Gasteiger partial charge >= 0.3 is 0 Å². The zero-order valence-electron chi connectivity index (χ0n) is 11.9. The van der Waals surface area contributed by atoms with Crippen LogP contribution < -0.4 is 9.47 Å². The molecule has 0 aliphatic rings. The van der Waals surface area contributed by atoms with Crippen LogP contribution in [0.2, 0.25) is 0 Å². The summed E-state index contributed by atoms with van der Waals surface area (Å²) in [5, 5.41) is 0. The average Bonchev–Trinajstić information content (AvgIpc) is 2.46. The molecule has 2 rings (SSSR count). The highest BCUT2D eigenvalue weighted by Gasteiger charge is 2.07. The van der Waals surface area contributed by atoms with Crippen LogP contribution in [0.1, 0.15) is 19.0 Å². The number of benzene rings is 1. The van der Waals surface area contributed by atoms with Crippen LogP contribution in [-0.4, -0.2) is 24.2 Å². The van der Waals surface area contributed by atoms with E-state index < -0.39 is 0 Å². The Labute approximate surface area is 123 Å². The summed E-state index contributed by atoms with van der Waals surface area (Å²) in [6, 6.07) is 7.55. The van der Waals surface area contributed by atoms with Crippen LogP contribution in [0.25, 0.3) is 11.4 Å². The molecule has 106 valence electrons. The predicted molar refractivity (Wildman–Crippen MR) is 82.0 cm³/mol. The van der Waals surface area contributed by atoms with E-state index in [0.29, 0.717) is 4.64 Å². The third-order valence-electron chi connectivity index (χ3n) is 2.94. The highest BCUT2D eigenvalue weighted by atomic mass is 32.1. The van der Waals surface area contributed by atoms with Gasteiger partial charge in [0, 0.05) is 17.3 Å². The molecule has 4 nitrogen and oxygen atoms in total. The standard InChI is InChI=1S/C15H18N2O2S/c1-4-5-11-8-14(20)17-15(16-11)10-6-12(18-2)9-13(7-10)19-3/h6-9H,4-5H2,1-3H3,(H,16,17,20). The molecule has 1 aromatic heterocycles. The summed E-state index contributed by atoms with van der Waals surface area (Å²) in [7, 11) is 3.25. The van der Waals surface area contributed by atoms with Gasteiger partial charge in [0.2, 0.25) is 0 Å². The minimum absolute atomic E-state index is 0.587. The molecule has 20 heavy (non-hydrogen) atoms. The summed E-state index contributed by atoms with van der Waals surface area (Å²) in [6.45, 7) is 2.13. The zero-order chi connectivity index (χ0) is 14.5. The van der Waals surface area contributed by atoms with Crippen LogP contribution in [0.3, 0.4) is 0 Å². The lowest BCUT2D eigenvalue weighted by Gasteiger charge is -2.09. The second-order valence-corrected chi connectivity index (χ2v) is 4.86. The van der Waals surface area contributed by atoms with Crippen LogP contribution in [0.5, 0.6) is 11.5 Å². The Bertz CT molecular complexity index is 630. The zero-order valence-corrected chi connectivity index (χ0v) is 12.7. The number of nitrogens with zero attached hydrogens (tertiary/aromatic N) is 1. The Kier molecular flexibility index (Phi) is 4.74. The Morgan fingerprint density at radius 1 is 1.10 bits per heavy atom. The van der Waals surface area contributed by atoms with Gasteiger partial charge in [-0.2, -0.15) is 0 Å². The van der Waals surface area contributed by atoms with Gasteiger partial charge in [0.05, 0.1) is 14.2 Å². The van der Waals surface area contributed by atoms with E-state index in [-0.39, 0.29) is 0 Å². The summed E-state index contributed by atoms with van der Waals surface area (Å²) >= 11 is 5.23. The Morgan fingerprint density at radius 3 is 2.30 bits per heavy atom. The molecule has 0 fully saturated rings. The first kappa shape index (κ1) is 14.5. The van der Waals surface area contributed by atoms with Crippen LogP contribution in [0.4, 0.5) is 0 Å². The number of hydrogen-bond acceptors (Lipinski definition) is 4. The van der Waals surface area contributed by atoms with Crippen molar-refractivity contribution in [1.29, 1.82) is 0 Å². The quantitative estimate of drug-likeness (QED) is 0.851. The van der Waals surface area contributed by atoms with E-state index >= 15 is 0 Å². The van der Waals surface area contributed by atoms with Gasteiger partial charge < -0.3 is 14.5 Å². The van der Waals surface area contributed by atoms with Gasteiger partial charge in [-0.05, 0) is 24.6 Å². The molecule has 2 aromatic rings. The normalized spacial score (nSPS) is 10.3. The maximum absolute atomic E-state index is 5.28. The predicted octanol–water partition coefficient (Wildman–Crippen LogP) is 3.78. The minimum atomic E-state index is 0.587. The van der Waals surface area contributed by atoms with Gasteiger partial charge in [0.25, 0.3) is 0 Å². The van der Waals surface area contributed by atoms with Crippen LogP contribution in [0.15, 0.2) is 24.3 Å². The molecule has 0 saturated heterocycles. The largest absolute Gasteiger partial charge is 0.497 e. The molecule has 0 saturated carbocycles. The lowest BCUT2D eigenvalue weighted by molar-refractivity contribution is 0.394. The first-order valence-corrected chi connectivity index (χ1v) is 6.90. The number of H-pyrrole nitrogens is 1. The van der Waals surface area contributed by atoms with Gasteiger partial charge in [-0.1, -0.05) is 25.6 Å². The molecule has 0 amide bonds. The number of nitrogens with one attached hydrogen (secondary N) is 1. The highest BCUT2D eigenvalue weighted by Crippen LogP contribution is 2.28. The molecule has 0 atom stereocenters. The van der Waals surface area contributed by atoms with Crippen molar-refractivity contribution < 1.29 is 9.47 Å². The lowest BCUT2D eigenvalue weighted by Crippen LogP contribution is -1.97. The Hall–Kier alpha value is -1.88. The highest BCUT2D eigenvalue weighted by molar-refractivity contribution is 7.71. The fraction of sp³-hybridized carbons (Fsp3) is 0.333. The second kappa shape index (κ2) is 6.52. The molecule has 0 unspecified atom stereocenters. The van der Waals surface area contributed by atoms with Gasteiger partial charge in [-0.15, -0.1) is 0 Å². The van der Waals surface area contributed by atoms with Gasteiger partial charge in [0.1, 0.15) is 22.0 Å². The van der Waals surface area contributed by atoms with E-state index in [1.807, 2.05) is 24.3 Å². The molecule has 1 heterocycles. The number of hydrogen-bond donors (Lipinski definition) is 1. The molecule has 1 N–H and O–H groups in total. The third kappa shape index (κ3) is 3.36. The molecule has 0 aliphatic carbocycles. The number of rotatable bonds is 5. The molecule has 0 aliphatic heterocycles. The van der Waals surface area contributed by atoms with Gasteiger partial charge in [-0.25, -0.2) is 4.98 Å². The van der Waals surface area contributed by atoms with E-state index in [4.69, 9.17) is 21.7 Å². The smallest absolute Gasteiger partial charge is 0.139 e. The van der Waals surface area contributed by atoms with Crippen molar-refractivity contribution in [2.45, 2.75) is 19.8 Å². The number of ether oxygens (including phenoxy) is 2. The van der Waals surface area contributed by atoms with Crippen molar-refractivity contribution in [2.75, 3.05) is 14.2 Å².